The quantitative estimate of drug-likeness (QED) is 0.827. The molecule has 1 aliphatic rings. The molecule has 1 saturated heterocycles. The fraction of sp³-hybridized carbons (Fsp3) is 0.364. The number of sulfonamides is 1. The van der Waals surface area contributed by atoms with Crippen molar-refractivity contribution >= 4 is 47.9 Å². The van der Waals surface area contributed by atoms with E-state index in [1.807, 2.05) is 0 Å². The number of halogens is 2. The SMILES string of the molecule is O=C(O)C1CCCN1S(=O)(=O)c1cc(Br)ccc1Br. The Morgan fingerprint density at radius 2 is 2.05 bits per heavy atom. The van der Waals surface area contributed by atoms with Gasteiger partial charge in [0.05, 0.1) is 4.90 Å². The molecule has 2 rings (SSSR count). The molecule has 5 nitrogen and oxygen atoms in total. The van der Waals surface area contributed by atoms with E-state index in [1.165, 1.54) is 6.07 Å². The van der Waals surface area contributed by atoms with Crippen LogP contribution in [0.4, 0.5) is 0 Å². The zero-order valence-electron chi connectivity index (χ0n) is 9.71. The Labute approximate surface area is 127 Å². The van der Waals surface area contributed by atoms with Crippen molar-refractivity contribution in [3.05, 3.63) is 27.1 Å². The van der Waals surface area contributed by atoms with Crippen molar-refractivity contribution in [2.75, 3.05) is 6.54 Å². The molecule has 0 aromatic heterocycles. The summed E-state index contributed by atoms with van der Waals surface area (Å²) >= 11 is 6.42. The summed E-state index contributed by atoms with van der Waals surface area (Å²) in [6, 6.07) is 3.82. The smallest absolute Gasteiger partial charge is 0.322 e. The molecule has 0 amide bonds. The third-order valence-corrected chi connectivity index (χ3v) is 6.36. The number of hydrogen-bond acceptors (Lipinski definition) is 3. The van der Waals surface area contributed by atoms with Gasteiger partial charge in [0.25, 0.3) is 0 Å². The maximum atomic E-state index is 12.5. The first-order valence-corrected chi connectivity index (χ1v) is 8.56. The minimum Gasteiger partial charge on any atom is -0.480 e. The summed E-state index contributed by atoms with van der Waals surface area (Å²) in [4.78, 5) is 11.2. The van der Waals surface area contributed by atoms with Crippen molar-refractivity contribution in [1.82, 2.24) is 4.31 Å². The van der Waals surface area contributed by atoms with E-state index in [1.54, 1.807) is 12.1 Å². The first-order valence-electron chi connectivity index (χ1n) is 5.54. The van der Waals surface area contributed by atoms with Crippen LogP contribution < -0.4 is 0 Å². The van der Waals surface area contributed by atoms with E-state index in [9.17, 15) is 13.2 Å². The van der Waals surface area contributed by atoms with Crippen molar-refractivity contribution in [3.63, 3.8) is 0 Å². The summed E-state index contributed by atoms with van der Waals surface area (Å²) in [5, 5.41) is 9.09. The lowest BCUT2D eigenvalue weighted by atomic mass is 10.2. The van der Waals surface area contributed by atoms with Gasteiger partial charge >= 0.3 is 5.97 Å². The van der Waals surface area contributed by atoms with Crippen molar-refractivity contribution in [1.29, 1.82) is 0 Å². The highest BCUT2D eigenvalue weighted by Gasteiger charge is 2.40. The second-order valence-electron chi connectivity index (χ2n) is 4.19. The van der Waals surface area contributed by atoms with Crippen LogP contribution in [0.15, 0.2) is 32.0 Å². The van der Waals surface area contributed by atoms with Crippen molar-refractivity contribution in [2.45, 2.75) is 23.8 Å². The minimum atomic E-state index is -3.81. The Morgan fingerprint density at radius 3 is 2.68 bits per heavy atom. The Balaban J connectivity index is 2.48. The number of carbonyl (C=O) groups is 1. The summed E-state index contributed by atoms with van der Waals surface area (Å²) in [7, 11) is -3.81. The molecule has 1 aromatic carbocycles. The first-order chi connectivity index (χ1) is 8.84. The molecule has 104 valence electrons. The highest BCUT2D eigenvalue weighted by Crippen LogP contribution is 2.32. The van der Waals surface area contributed by atoms with Gasteiger partial charge in [-0.1, -0.05) is 15.9 Å². The lowest BCUT2D eigenvalue weighted by Crippen LogP contribution is -2.40. The van der Waals surface area contributed by atoms with Crippen LogP contribution in [0.1, 0.15) is 12.8 Å². The van der Waals surface area contributed by atoms with Gasteiger partial charge in [-0.05, 0) is 47.0 Å². The van der Waals surface area contributed by atoms with Gasteiger partial charge in [0.15, 0.2) is 0 Å². The average Bonchev–Trinajstić information content (AvgIpc) is 2.82. The molecular formula is C11H11Br2NO4S. The van der Waals surface area contributed by atoms with Gasteiger partial charge in [0.2, 0.25) is 10.0 Å². The molecule has 1 fully saturated rings. The van der Waals surface area contributed by atoms with E-state index in [0.717, 1.165) is 4.31 Å². The van der Waals surface area contributed by atoms with Crippen LogP contribution in [-0.2, 0) is 14.8 Å². The molecule has 19 heavy (non-hydrogen) atoms. The van der Waals surface area contributed by atoms with Gasteiger partial charge < -0.3 is 5.11 Å². The second kappa shape index (κ2) is 5.51. The van der Waals surface area contributed by atoms with Crippen molar-refractivity contribution in [2.24, 2.45) is 0 Å². The van der Waals surface area contributed by atoms with Crippen LogP contribution in [-0.4, -0.2) is 36.4 Å². The highest BCUT2D eigenvalue weighted by molar-refractivity contribution is 9.11. The molecule has 1 N–H and O–H groups in total. The maximum absolute atomic E-state index is 12.5. The van der Waals surface area contributed by atoms with E-state index in [2.05, 4.69) is 31.9 Å². The number of carboxylic acid groups (broad SMARTS) is 1. The molecule has 0 aliphatic carbocycles. The summed E-state index contributed by atoms with van der Waals surface area (Å²) in [5.74, 6) is -1.10. The second-order valence-corrected chi connectivity index (χ2v) is 7.82. The third-order valence-electron chi connectivity index (χ3n) is 2.97. The Morgan fingerprint density at radius 1 is 1.37 bits per heavy atom. The monoisotopic (exact) mass is 411 g/mol. The van der Waals surface area contributed by atoms with Crippen LogP contribution in [0.5, 0.6) is 0 Å². The fourth-order valence-electron chi connectivity index (χ4n) is 2.08. The minimum absolute atomic E-state index is 0.0787. The van der Waals surface area contributed by atoms with E-state index in [4.69, 9.17) is 5.11 Å². The van der Waals surface area contributed by atoms with Crippen LogP contribution in [0, 0.1) is 0 Å². The van der Waals surface area contributed by atoms with E-state index in [-0.39, 0.29) is 11.4 Å². The van der Waals surface area contributed by atoms with Gasteiger partial charge in [-0.3, -0.25) is 4.79 Å². The normalized spacial score (nSPS) is 20.6. The van der Waals surface area contributed by atoms with Gasteiger partial charge in [-0.2, -0.15) is 4.31 Å². The number of rotatable bonds is 3. The first kappa shape index (κ1) is 15.0. The molecular weight excluding hydrogens is 402 g/mol. The number of carboxylic acids is 1. The van der Waals surface area contributed by atoms with Gasteiger partial charge in [0, 0.05) is 15.5 Å². The van der Waals surface area contributed by atoms with E-state index >= 15 is 0 Å². The van der Waals surface area contributed by atoms with E-state index < -0.39 is 22.0 Å². The highest BCUT2D eigenvalue weighted by atomic mass is 79.9. The van der Waals surface area contributed by atoms with Crippen LogP contribution in [0.25, 0.3) is 0 Å². The molecule has 0 bridgehead atoms. The molecule has 1 heterocycles. The molecule has 1 unspecified atom stereocenters. The standard InChI is InChI=1S/C11H11Br2NO4S/c12-7-3-4-8(13)10(6-7)19(17,18)14-5-1-2-9(14)11(15)16/h3-4,6,9H,1-2,5H2,(H,15,16). The fourth-order valence-corrected chi connectivity index (χ4v) is 5.19. The van der Waals surface area contributed by atoms with Gasteiger partial charge in [-0.25, -0.2) is 8.42 Å². The van der Waals surface area contributed by atoms with E-state index in [0.29, 0.717) is 21.8 Å². The molecule has 1 aliphatic heterocycles. The molecule has 0 spiro atoms. The topological polar surface area (TPSA) is 74.7 Å². The average molecular weight is 413 g/mol. The maximum Gasteiger partial charge on any atom is 0.322 e. The van der Waals surface area contributed by atoms with Crippen LogP contribution >= 0.6 is 31.9 Å². The lowest BCUT2D eigenvalue weighted by molar-refractivity contribution is -0.140. The summed E-state index contributed by atoms with van der Waals surface area (Å²) in [6.07, 6.45) is 0.905. The van der Waals surface area contributed by atoms with Gasteiger partial charge in [-0.15, -0.1) is 0 Å². The number of hydrogen-bond donors (Lipinski definition) is 1. The zero-order valence-corrected chi connectivity index (χ0v) is 13.7. The number of nitrogens with zero attached hydrogens (tertiary/aromatic N) is 1. The molecule has 1 atom stereocenters. The number of aliphatic carboxylic acids is 1. The Kier molecular flexibility index (Phi) is 4.34. The largest absolute Gasteiger partial charge is 0.480 e. The van der Waals surface area contributed by atoms with Crippen LogP contribution in [0.3, 0.4) is 0 Å². The third kappa shape index (κ3) is 2.86. The summed E-state index contributed by atoms with van der Waals surface area (Å²) in [5.41, 5.74) is 0. The van der Waals surface area contributed by atoms with Crippen molar-refractivity contribution in [3.8, 4) is 0 Å². The number of benzene rings is 1. The zero-order chi connectivity index (χ0) is 14.2. The molecule has 8 heteroatoms. The summed E-state index contributed by atoms with van der Waals surface area (Å²) < 4.78 is 27.2. The van der Waals surface area contributed by atoms with Crippen molar-refractivity contribution < 1.29 is 18.3 Å². The molecule has 0 saturated carbocycles. The summed E-state index contributed by atoms with van der Waals surface area (Å²) in [6.45, 7) is 0.234. The predicted molar refractivity (Wildman–Crippen MR) is 76.4 cm³/mol. The Hall–Kier alpha value is -0.440. The lowest BCUT2D eigenvalue weighted by Gasteiger charge is -2.21. The Bertz CT molecular complexity index is 617. The molecule has 1 aromatic rings. The van der Waals surface area contributed by atoms with Gasteiger partial charge in [0.1, 0.15) is 6.04 Å². The molecule has 0 radical (unpaired) electrons. The van der Waals surface area contributed by atoms with Crippen LogP contribution in [0.2, 0.25) is 0 Å². The predicted octanol–water partition coefficient (Wildman–Crippen LogP) is 2.45.